The minimum absolute atomic E-state index is 0.327. The van der Waals surface area contributed by atoms with Crippen LogP contribution in [0.2, 0.25) is 5.02 Å². The van der Waals surface area contributed by atoms with Gasteiger partial charge in [0.25, 0.3) is 0 Å². The van der Waals surface area contributed by atoms with Crippen LogP contribution in [0.3, 0.4) is 0 Å². The van der Waals surface area contributed by atoms with Crippen molar-refractivity contribution in [2.24, 2.45) is 0 Å². The van der Waals surface area contributed by atoms with Crippen LogP contribution in [0.4, 0.5) is 15.4 Å². The molecule has 0 radical (unpaired) electrons. The monoisotopic (exact) mass is 405 g/mol. The van der Waals surface area contributed by atoms with Gasteiger partial charge in [-0.15, -0.1) is 0 Å². The number of amides is 3. The van der Waals surface area contributed by atoms with Crippen molar-refractivity contribution < 1.29 is 14.3 Å². The van der Waals surface area contributed by atoms with E-state index < -0.39 is 5.60 Å². The highest BCUT2D eigenvalue weighted by molar-refractivity contribution is 6.30. The first-order valence-corrected chi connectivity index (χ1v) is 9.42. The van der Waals surface area contributed by atoms with Gasteiger partial charge in [0.05, 0.1) is 6.54 Å². The summed E-state index contributed by atoms with van der Waals surface area (Å²) in [6, 6.07) is 6.85. The number of nitrogens with one attached hydrogen (secondary N) is 3. The Balaban J connectivity index is 1.59. The van der Waals surface area contributed by atoms with E-state index in [0.29, 0.717) is 36.9 Å². The van der Waals surface area contributed by atoms with Crippen molar-refractivity contribution in [1.29, 1.82) is 0 Å². The number of hydrogen-bond acceptors (Lipinski definition) is 4. The Morgan fingerprint density at radius 1 is 1.29 bits per heavy atom. The van der Waals surface area contributed by atoms with Gasteiger partial charge in [-0.3, -0.25) is 10.4 Å². The highest BCUT2D eigenvalue weighted by Gasteiger charge is 2.29. The Morgan fingerprint density at radius 2 is 2.00 bits per heavy atom. The highest BCUT2D eigenvalue weighted by atomic mass is 35.5. The number of aromatic nitrogens is 2. The Labute approximate surface area is 168 Å². The Morgan fingerprint density at radius 3 is 2.68 bits per heavy atom. The molecule has 0 saturated heterocycles. The van der Waals surface area contributed by atoms with E-state index in [0.717, 1.165) is 16.8 Å². The predicted octanol–water partition coefficient (Wildman–Crippen LogP) is 3.68. The lowest BCUT2D eigenvalue weighted by atomic mass is 10.1. The quantitative estimate of drug-likeness (QED) is 0.725. The van der Waals surface area contributed by atoms with Gasteiger partial charge in [-0.05, 0) is 38.5 Å². The fourth-order valence-electron chi connectivity index (χ4n) is 2.82. The fourth-order valence-corrected chi connectivity index (χ4v) is 2.94. The van der Waals surface area contributed by atoms with Crippen LogP contribution in [0.5, 0.6) is 0 Å². The van der Waals surface area contributed by atoms with Crippen LogP contribution in [0, 0.1) is 0 Å². The van der Waals surface area contributed by atoms with E-state index in [2.05, 4.69) is 20.8 Å². The lowest BCUT2D eigenvalue weighted by Gasteiger charge is -2.30. The summed E-state index contributed by atoms with van der Waals surface area (Å²) < 4.78 is 5.43. The van der Waals surface area contributed by atoms with E-state index in [1.54, 1.807) is 17.0 Å². The van der Waals surface area contributed by atoms with E-state index in [1.807, 2.05) is 32.9 Å². The number of fused-ring (bicyclic) bond motifs is 1. The number of halogens is 1. The lowest BCUT2D eigenvalue weighted by molar-refractivity contribution is 0.0224. The van der Waals surface area contributed by atoms with Crippen LogP contribution >= 0.6 is 11.6 Å². The normalized spacial score (nSPS) is 13.6. The number of carbonyl (C=O) groups excluding carboxylic acids is 2. The average molecular weight is 406 g/mol. The summed E-state index contributed by atoms with van der Waals surface area (Å²) in [4.78, 5) is 26.2. The minimum atomic E-state index is -0.559. The van der Waals surface area contributed by atoms with Crippen LogP contribution in [0.25, 0.3) is 0 Å². The summed E-state index contributed by atoms with van der Waals surface area (Å²) >= 11 is 5.86. The molecule has 3 rings (SSSR count). The number of ether oxygens (including phenoxy) is 1. The number of hydrogen-bond donors (Lipinski definition) is 3. The molecule has 9 heteroatoms. The first kappa shape index (κ1) is 20.0. The van der Waals surface area contributed by atoms with E-state index in [1.165, 1.54) is 0 Å². The molecule has 0 bridgehead atoms. The van der Waals surface area contributed by atoms with Crippen molar-refractivity contribution in [2.75, 3.05) is 11.9 Å². The van der Waals surface area contributed by atoms with Gasteiger partial charge < -0.3 is 15.0 Å². The molecule has 1 aromatic carbocycles. The van der Waals surface area contributed by atoms with Crippen LogP contribution in [0.1, 0.15) is 37.6 Å². The summed E-state index contributed by atoms with van der Waals surface area (Å²) in [6.45, 7) is 6.71. The number of urea groups is 1. The number of anilines is 1. The molecule has 3 N–H and O–H groups in total. The molecule has 0 saturated carbocycles. The summed E-state index contributed by atoms with van der Waals surface area (Å²) in [5, 5.41) is 13.3. The molecule has 0 unspecified atom stereocenters. The van der Waals surface area contributed by atoms with E-state index >= 15 is 0 Å². The number of benzene rings is 1. The smallest absolute Gasteiger partial charge is 0.410 e. The molecule has 2 aromatic rings. The third-order valence-corrected chi connectivity index (χ3v) is 4.44. The van der Waals surface area contributed by atoms with Gasteiger partial charge in [0.15, 0.2) is 5.82 Å². The van der Waals surface area contributed by atoms with Crippen molar-refractivity contribution in [2.45, 2.75) is 45.9 Å². The molecule has 8 nitrogen and oxygen atoms in total. The third kappa shape index (κ3) is 5.16. The molecule has 0 aliphatic carbocycles. The van der Waals surface area contributed by atoms with Crippen molar-refractivity contribution in [3.05, 3.63) is 46.1 Å². The lowest BCUT2D eigenvalue weighted by Crippen LogP contribution is -2.40. The van der Waals surface area contributed by atoms with Crippen molar-refractivity contribution >= 4 is 29.5 Å². The maximum Gasteiger partial charge on any atom is 0.410 e. The average Bonchev–Trinajstić information content (AvgIpc) is 3.02. The second kappa shape index (κ2) is 8.10. The molecule has 0 atom stereocenters. The maximum atomic E-state index is 12.3. The second-order valence-electron chi connectivity index (χ2n) is 7.62. The maximum absolute atomic E-state index is 12.3. The predicted molar refractivity (Wildman–Crippen MR) is 106 cm³/mol. The topological polar surface area (TPSA) is 99.3 Å². The van der Waals surface area contributed by atoms with Crippen molar-refractivity contribution in [3.8, 4) is 0 Å². The first-order chi connectivity index (χ1) is 13.2. The SMILES string of the molecule is CC(C)(C)OC(=O)N1CCc2[nH]nc(NC(=O)NCc3ccc(Cl)cc3)c2C1. The number of carbonyl (C=O) groups is 2. The Hall–Kier alpha value is -2.74. The van der Waals surface area contributed by atoms with E-state index in [9.17, 15) is 9.59 Å². The minimum Gasteiger partial charge on any atom is -0.444 e. The zero-order chi connectivity index (χ0) is 20.3. The molecule has 1 aliphatic rings. The standard InChI is InChI=1S/C19H24ClN5O3/c1-19(2,3)28-18(27)25-9-8-15-14(11-25)16(24-23-15)22-17(26)21-10-12-4-6-13(20)7-5-12/h4-7H,8-11H2,1-3H3,(H3,21,22,23,24,26). The van der Waals surface area contributed by atoms with Crippen molar-refractivity contribution in [3.63, 3.8) is 0 Å². The summed E-state index contributed by atoms with van der Waals surface area (Å²) in [6.07, 6.45) is 0.243. The van der Waals surface area contributed by atoms with Crippen LogP contribution in [0.15, 0.2) is 24.3 Å². The van der Waals surface area contributed by atoms with Gasteiger partial charge in [0.2, 0.25) is 0 Å². The molecule has 3 amide bonds. The Kier molecular flexibility index (Phi) is 5.79. The molecule has 0 spiro atoms. The largest absolute Gasteiger partial charge is 0.444 e. The third-order valence-electron chi connectivity index (χ3n) is 4.18. The van der Waals surface area contributed by atoms with Crippen LogP contribution in [-0.2, 0) is 24.2 Å². The van der Waals surface area contributed by atoms with Crippen LogP contribution < -0.4 is 10.6 Å². The number of H-pyrrole nitrogens is 1. The number of nitrogens with zero attached hydrogens (tertiary/aromatic N) is 2. The van der Waals surface area contributed by atoms with Gasteiger partial charge in [-0.1, -0.05) is 23.7 Å². The van der Waals surface area contributed by atoms with Gasteiger partial charge >= 0.3 is 12.1 Å². The summed E-state index contributed by atoms with van der Waals surface area (Å²) in [5.41, 5.74) is 2.07. The first-order valence-electron chi connectivity index (χ1n) is 9.04. The van der Waals surface area contributed by atoms with Gasteiger partial charge in [-0.25, -0.2) is 9.59 Å². The number of aromatic amines is 1. The van der Waals surface area contributed by atoms with Gasteiger partial charge in [0.1, 0.15) is 5.60 Å². The molecule has 28 heavy (non-hydrogen) atoms. The molecular weight excluding hydrogens is 382 g/mol. The molecule has 1 aliphatic heterocycles. The summed E-state index contributed by atoms with van der Waals surface area (Å²) in [5.74, 6) is 0.414. The molecular formula is C19H24ClN5O3. The fraction of sp³-hybridized carbons (Fsp3) is 0.421. The van der Waals surface area contributed by atoms with E-state index in [-0.39, 0.29) is 12.1 Å². The highest BCUT2D eigenvalue weighted by Crippen LogP contribution is 2.25. The molecule has 1 aromatic heterocycles. The Bertz CT molecular complexity index is 857. The molecule has 2 heterocycles. The number of rotatable bonds is 3. The van der Waals surface area contributed by atoms with Gasteiger partial charge in [0, 0.05) is 35.8 Å². The zero-order valence-corrected chi connectivity index (χ0v) is 16.9. The summed E-state index contributed by atoms with van der Waals surface area (Å²) in [7, 11) is 0. The van der Waals surface area contributed by atoms with E-state index in [4.69, 9.17) is 16.3 Å². The van der Waals surface area contributed by atoms with Crippen LogP contribution in [-0.4, -0.2) is 39.4 Å². The van der Waals surface area contributed by atoms with Gasteiger partial charge in [-0.2, -0.15) is 5.10 Å². The molecule has 150 valence electrons. The van der Waals surface area contributed by atoms with Crippen molar-refractivity contribution in [1.82, 2.24) is 20.4 Å². The zero-order valence-electron chi connectivity index (χ0n) is 16.1. The second-order valence-corrected chi connectivity index (χ2v) is 8.05. The molecule has 0 fully saturated rings.